The maximum Gasteiger partial charge on any atom is 0.0107 e. The molecule has 0 aliphatic rings. The summed E-state index contributed by atoms with van der Waals surface area (Å²) in [5.74, 6) is 0.878. The monoisotopic (exact) mass is 261 g/mol. The first kappa shape index (κ1) is 16.2. The molecule has 2 unspecified atom stereocenters. The second kappa shape index (κ2) is 9.14. The van der Waals surface area contributed by atoms with Crippen LogP contribution in [0.1, 0.15) is 57.1 Å². The van der Waals surface area contributed by atoms with E-state index < -0.39 is 0 Å². The lowest BCUT2D eigenvalue weighted by molar-refractivity contribution is 0.358. The summed E-state index contributed by atoms with van der Waals surface area (Å²) < 4.78 is 0. The van der Waals surface area contributed by atoms with Crippen molar-refractivity contribution in [1.29, 1.82) is 0 Å². The summed E-state index contributed by atoms with van der Waals surface area (Å²) in [6.07, 6.45) is 7.85. The summed E-state index contributed by atoms with van der Waals surface area (Å²) in [4.78, 5) is 0. The SMILES string of the molecule is CCCCC(CC)CC(Cc1ccc(C)cc1)NC. The van der Waals surface area contributed by atoms with Gasteiger partial charge in [0.1, 0.15) is 0 Å². The summed E-state index contributed by atoms with van der Waals surface area (Å²) in [5, 5.41) is 3.51. The third-order valence-electron chi connectivity index (χ3n) is 4.17. The number of unbranched alkanes of at least 4 members (excludes halogenated alkanes) is 1. The molecule has 0 radical (unpaired) electrons. The molecule has 2 atom stereocenters. The van der Waals surface area contributed by atoms with Gasteiger partial charge in [-0.25, -0.2) is 0 Å². The maximum atomic E-state index is 3.51. The van der Waals surface area contributed by atoms with Gasteiger partial charge in [0.15, 0.2) is 0 Å². The van der Waals surface area contributed by atoms with E-state index in [9.17, 15) is 0 Å². The molecule has 0 saturated heterocycles. The molecular formula is C18H31N. The van der Waals surface area contributed by atoms with E-state index in [2.05, 4.69) is 57.4 Å². The minimum atomic E-state index is 0.615. The average Bonchev–Trinajstić information content (AvgIpc) is 2.44. The fraction of sp³-hybridized carbons (Fsp3) is 0.667. The molecule has 19 heavy (non-hydrogen) atoms. The number of likely N-dealkylation sites (N-methyl/N-ethyl adjacent to an activating group) is 1. The van der Waals surface area contributed by atoms with Gasteiger partial charge in [0.25, 0.3) is 0 Å². The smallest absolute Gasteiger partial charge is 0.0107 e. The molecule has 0 spiro atoms. The maximum absolute atomic E-state index is 3.51. The van der Waals surface area contributed by atoms with Crippen LogP contribution in [0.15, 0.2) is 24.3 Å². The van der Waals surface area contributed by atoms with E-state index in [0.29, 0.717) is 6.04 Å². The molecule has 0 aromatic heterocycles. The van der Waals surface area contributed by atoms with E-state index >= 15 is 0 Å². The van der Waals surface area contributed by atoms with E-state index in [1.807, 2.05) is 0 Å². The van der Waals surface area contributed by atoms with E-state index in [0.717, 1.165) is 12.3 Å². The lowest BCUT2D eigenvalue weighted by Crippen LogP contribution is -2.30. The van der Waals surface area contributed by atoms with Crippen molar-refractivity contribution >= 4 is 0 Å². The molecule has 1 aromatic rings. The number of nitrogens with one attached hydrogen (secondary N) is 1. The summed E-state index contributed by atoms with van der Waals surface area (Å²) in [5.41, 5.74) is 2.80. The lowest BCUT2D eigenvalue weighted by Gasteiger charge is -2.22. The second-order valence-electron chi connectivity index (χ2n) is 5.83. The topological polar surface area (TPSA) is 12.0 Å². The van der Waals surface area contributed by atoms with Gasteiger partial charge in [-0.05, 0) is 38.3 Å². The van der Waals surface area contributed by atoms with Gasteiger partial charge in [0.05, 0.1) is 0 Å². The predicted molar refractivity (Wildman–Crippen MR) is 85.7 cm³/mol. The molecule has 0 fully saturated rings. The van der Waals surface area contributed by atoms with Crippen LogP contribution in [-0.2, 0) is 6.42 Å². The van der Waals surface area contributed by atoms with Gasteiger partial charge >= 0.3 is 0 Å². The van der Waals surface area contributed by atoms with Crippen molar-refractivity contribution in [2.75, 3.05) is 7.05 Å². The number of hydrogen-bond donors (Lipinski definition) is 1. The molecule has 0 heterocycles. The Bertz CT molecular complexity index is 328. The third-order valence-corrected chi connectivity index (χ3v) is 4.17. The zero-order valence-corrected chi connectivity index (χ0v) is 13.2. The molecule has 0 amide bonds. The molecule has 0 aliphatic heterocycles. The van der Waals surface area contributed by atoms with Crippen molar-refractivity contribution in [3.8, 4) is 0 Å². The van der Waals surface area contributed by atoms with Gasteiger partial charge in [0, 0.05) is 6.04 Å². The molecule has 1 heteroatoms. The van der Waals surface area contributed by atoms with Gasteiger partial charge in [-0.15, -0.1) is 0 Å². The molecule has 1 rings (SSSR count). The summed E-state index contributed by atoms with van der Waals surface area (Å²) >= 11 is 0. The molecular weight excluding hydrogens is 230 g/mol. The van der Waals surface area contributed by atoms with Crippen LogP contribution in [0.5, 0.6) is 0 Å². The normalized spacial score (nSPS) is 14.3. The largest absolute Gasteiger partial charge is 0.317 e. The zero-order chi connectivity index (χ0) is 14.1. The van der Waals surface area contributed by atoms with E-state index in [-0.39, 0.29) is 0 Å². The first-order valence-corrected chi connectivity index (χ1v) is 7.92. The third kappa shape index (κ3) is 6.24. The first-order valence-electron chi connectivity index (χ1n) is 7.92. The Kier molecular flexibility index (Phi) is 7.81. The second-order valence-corrected chi connectivity index (χ2v) is 5.83. The van der Waals surface area contributed by atoms with Crippen LogP contribution >= 0.6 is 0 Å². The zero-order valence-electron chi connectivity index (χ0n) is 13.2. The molecule has 0 aliphatic carbocycles. The Labute approximate surface area is 119 Å². The van der Waals surface area contributed by atoms with Crippen molar-refractivity contribution in [3.63, 3.8) is 0 Å². The molecule has 1 nitrogen and oxygen atoms in total. The highest BCUT2D eigenvalue weighted by molar-refractivity contribution is 5.22. The predicted octanol–water partition coefficient (Wildman–Crippen LogP) is 4.73. The van der Waals surface area contributed by atoms with Gasteiger partial charge in [-0.2, -0.15) is 0 Å². The van der Waals surface area contributed by atoms with Crippen LogP contribution in [0, 0.1) is 12.8 Å². The lowest BCUT2D eigenvalue weighted by atomic mass is 9.89. The summed E-state index contributed by atoms with van der Waals surface area (Å²) in [6.45, 7) is 6.77. The van der Waals surface area contributed by atoms with Crippen LogP contribution in [0.2, 0.25) is 0 Å². The Morgan fingerprint density at radius 1 is 1.11 bits per heavy atom. The Balaban J connectivity index is 2.49. The standard InChI is InChI=1S/C18H31N/c1-5-7-8-16(6-2)13-18(19-4)14-17-11-9-15(3)10-12-17/h9-12,16,18-19H,5-8,13-14H2,1-4H3. The molecule has 1 N–H and O–H groups in total. The van der Waals surface area contributed by atoms with Crippen LogP contribution in [0.25, 0.3) is 0 Å². The molecule has 1 aromatic carbocycles. The summed E-state index contributed by atoms with van der Waals surface area (Å²) in [7, 11) is 2.10. The fourth-order valence-electron chi connectivity index (χ4n) is 2.70. The van der Waals surface area contributed by atoms with Crippen molar-refractivity contribution < 1.29 is 0 Å². The van der Waals surface area contributed by atoms with Gasteiger partial charge in [0.2, 0.25) is 0 Å². The molecule has 108 valence electrons. The van der Waals surface area contributed by atoms with E-state index in [1.54, 1.807) is 0 Å². The Morgan fingerprint density at radius 2 is 1.79 bits per heavy atom. The van der Waals surface area contributed by atoms with Crippen LogP contribution in [0.4, 0.5) is 0 Å². The first-order chi connectivity index (χ1) is 9.19. The van der Waals surface area contributed by atoms with Crippen molar-refractivity contribution in [1.82, 2.24) is 5.32 Å². The minimum Gasteiger partial charge on any atom is -0.317 e. The highest BCUT2D eigenvalue weighted by Gasteiger charge is 2.14. The van der Waals surface area contributed by atoms with Crippen molar-refractivity contribution in [2.24, 2.45) is 5.92 Å². The van der Waals surface area contributed by atoms with E-state index in [4.69, 9.17) is 0 Å². The average molecular weight is 261 g/mol. The highest BCUT2D eigenvalue weighted by atomic mass is 14.9. The van der Waals surface area contributed by atoms with Gasteiger partial charge < -0.3 is 5.32 Å². The number of benzene rings is 1. The number of rotatable bonds is 9. The van der Waals surface area contributed by atoms with E-state index in [1.165, 1.54) is 43.2 Å². The van der Waals surface area contributed by atoms with Crippen molar-refractivity contribution in [3.05, 3.63) is 35.4 Å². The van der Waals surface area contributed by atoms with Crippen molar-refractivity contribution in [2.45, 2.75) is 65.3 Å². The number of hydrogen-bond acceptors (Lipinski definition) is 1. The Morgan fingerprint density at radius 3 is 2.32 bits per heavy atom. The summed E-state index contributed by atoms with van der Waals surface area (Å²) in [6, 6.07) is 9.59. The molecule has 0 bridgehead atoms. The van der Waals surface area contributed by atoms with Crippen LogP contribution in [-0.4, -0.2) is 13.1 Å². The Hall–Kier alpha value is -0.820. The van der Waals surface area contributed by atoms with Gasteiger partial charge in [-0.1, -0.05) is 69.4 Å². The van der Waals surface area contributed by atoms with Gasteiger partial charge in [-0.3, -0.25) is 0 Å². The number of aryl methyl sites for hydroxylation is 1. The highest BCUT2D eigenvalue weighted by Crippen LogP contribution is 2.20. The van der Waals surface area contributed by atoms with Crippen LogP contribution < -0.4 is 5.32 Å². The minimum absolute atomic E-state index is 0.615. The fourth-order valence-corrected chi connectivity index (χ4v) is 2.70. The quantitative estimate of drug-likeness (QED) is 0.677. The van der Waals surface area contributed by atoms with Crippen LogP contribution in [0.3, 0.4) is 0 Å². The molecule has 0 saturated carbocycles.